The summed E-state index contributed by atoms with van der Waals surface area (Å²) in [5.74, 6) is 0. The van der Waals surface area contributed by atoms with Crippen molar-refractivity contribution in [2.75, 3.05) is 20.1 Å². The Labute approximate surface area is 186 Å². The number of nitrogens with one attached hydrogen (secondary N) is 2. The highest BCUT2D eigenvalue weighted by Crippen LogP contribution is 2.25. The van der Waals surface area contributed by atoms with Crippen molar-refractivity contribution in [2.45, 2.75) is 66.6 Å². The summed E-state index contributed by atoms with van der Waals surface area (Å²) < 4.78 is 38.2. The molecule has 0 heterocycles. The van der Waals surface area contributed by atoms with Crippen molar-refractivity contribution in [3.05, 3.63) is 59.9 Å². The number of alkyl halides is 3. The Bertz CT molecular complexity index is 647. The summed E-state index contributed by atoms with van der Waals surface area (Å²) in [5.41, 5.74) is 0.164. The molecule has 2 amide bonds. The molecule has 0 bridgehead atoms. The van der Waals surface area contributed by atoms with E-state index in [2.05, 4.69) is 22.1 Å². The first-order valence-corrected chi connectivity index (χ1v) is 10.7. The Hall–Kier alpha value is -2.28. The molecule has 0 aliphatic heterocycles. The fourth-order valence-corrected chi connectivity index (χ4v) is 2.69. The van der Waals surface area contributed by atoms with Crippen molar-refractivity contribution < 1.29 is 18.0 Å². The summed E-state index contributed by atoms with van der Waals surface area (Å²) in [6.45, 7) is 16.0. The van der Waals surface area contributed by atoms with Crippen LogP contribution in [0.1, 0.15) is 54.4 Å². The molecule has 0 aromatic heterocycles. The van der Waals surface area contributed by atoms with E-state index in [-0.39, 0.29) is 11.7 Å². The van der Waals surface area contributed by atoms with Gasteiger partial charge in [0.25, 0.3) is 0 Å². The first kappa shape index (κ1) is 30.9. The number of amides is 2. The van der Waals surface area contributed by atoms with E-state index in [1.807, 2.05) is 59.9 Å². The van der Waals surface area contributed by atoms with Crippen LogP contribution < -0.4 is 10.6 Å². The van der Waals surface area contributed by atoms with Crippen molar-refractivity contribution in [3.63, 3.8) is 0 Å². The molecular formula is C24H40F3N3O. The first-order chi connectivity index (χ1) is 14.6. The normalized spacial score (nSPS) is 13.9. The van der Waals surface area contributed by atoms with Gasteiger partial charge >= 0.3 is 12.2 Å². The third kappa shape index (κ3) is 15.2. The van der Waals surface area contributed by atoms with E-state index in [9.17, 15) is 18.0 Å². The van der Waals surface area contributed by atoms with E-state index < -0.39 is 17.8 Å². The summed E-state index contributed by atoms with van der Waals surface area (Å²) >= 11 is 0. The lowest BCUT2D eigenvalue weighted by Crippen LogP contribution is -2.46. The minimum absolute atomic E-state index is 0.0280. The molecule has 0 rings (SSSR count). The number of hydrogen-bond acceptors (Lipinski definition) is 2. The zero-order chi connectivity index (χ0) is 24.4. The molecule has 0 aliphatic carbocycles. The van der Waals surface area contributed by atoms with E-state index in [0.29, 0.717) is 6.54 Å². The smallest absolute Gasteiger partial charge is 0.334 e. The minimum atomic E-state index is -4.55. The molecule has 0 aromatic carbocycles. The van der Waals surface area contributed by atoms with Gasteiger partial charge in [-0.2, -0.15) is 13.2 Å². The SMILES string of the molecule is C=C(/C=C(\C=C/C)NC(=O)NC(CCC)CN(C)CC(/C=C\C)=C/C)C(F)(F)F.CC. The highest BCUT2D eigenvalue weighted by atomic mass is 19.4. The van der Waals surface area contributed by atoms with Gasteiger partial charge in [0, 0.05) is 24.8 Å². The van der Waals surface area contributed by atoms with Gasteiger partial charge in [-0.3, -0.25) is 0 Å². The summed E-state index contributed by atoms with van der Waals surface area (Å²) in [5, 5.41) is 5.34. The van der Waals surface area contributed by atoms with Crippen LogP contribution in [0.2, 0.25) is 0 Å². The van der Waals surface area contributed by atoms with E-state index >= 15 is 0 Å². The highest BCUT2D eigenvalue weighted by molar-refractivity contribution is 5.77. The van der Waals surface area contributed by atoms with Gasteiger partial charge in [-0.05, 0) is 52.0 Å². The zero-order valence-corrected chi connectivity index (χ0v) is 20.1. The first-order valence-electron chi connectivity index (χ1n) is 10.7. The molecule has 0 spiro atoms. The lowest BCUT2D eigenvalue weighted by atomic mass is 10.1. The van der Waals surface area contributed by atoms with Gasteiger partial charge in [0.05, 0.1) is 5.57 Å². The Morgan fingerprint density at radius 1 is 1.13 bits per heavy atom. The molecule has 0 saturated heterocycles. The minimum Gasteiger partial charge on any atom is -0.334 e. The van der Waals surface area contributed by atoms with Gasteiger partial charge < -0.3 is 15.5 Å². The van der Waals surface area contributed by atoms with Crippen LogP contribution in [0.3, 0.4) is 0 Å². The largest absolute Gasteiger partial charge is 0.415 e. The van der Waals surface area contributed by atoms with Crippen LogP contribution in [0.4, 0.5) is 18.0 Å². The van der Waals surface area contributed by atoms with E-state index in [1.165, 1.54) is 11.6 Å². The van der Waals surface area contributed by atoms with Gasteiger partial charge in [-0.15, -0.1) is 0 Å². The third-order valence-corrected chi connectivity index (χ3v) is 4.01. The van der Waals surface area contributed by atoms with Crippen molar-refractivity contribution in [1.82, 2.24) is 15.5 Å². The van der Waals surface area contributed by atoms with Crippen LogP contribution in [0.15, 0.2) is 59.9 Å². The number of carbonyl (C=O) groups excluding carboxylic acids is 1. The maximum Gasteiger partial charge on any atom is 0.415 e. The van der Waals surface area contributed by atoms with Crippen LogP contribution in [-0.2, 0) is 0 Å². The van der Waals surface area contributed by atoms with Gasteiger partial charge in [-0.1, -0.05) is 58.1 Å². The molecule has 1 unspecified atom stereocenters. The van der Waals surface area contributed by atoms with Crippen LogP contribution in [0.25, 0.3) is 0 Å². The average Bonchev–Trinajstić information content (AvgIpc) is 2.68. The quantitative estimate of drug-likeness (QED) is 0.357. The summed E-state index contributed by atoms with van der Waals surface area (Å²) in [7, 11) is 1.97. The Balaban J connectivity index is 0. The number of rotatable bonds is 11. The van der Waals surface area contributed by atoms with Crippen LogP contribution in [0.5, 0.6) is 0 Å². The zero-order valence-electron chi connectivity index (χ0n) is 20.1. The monoisotopic (exact) mass is 443 g/mol. The summed E-state index contributed by atoms with van der Waals surface area (Å²) in [4.78, 5) is 14.5. The Morgan fingerprint density at radius 3 is 2.16 bits per heavy atom. The molecule has 0 fully saturated rings. The molecule has 0 saturated carbocycles. The fraction of sp³-hybridized carbons (Fsp3) is 0.542. The molecule has 1 atom stereocenters. The second-order valence-corrected chi connectivity index (χ2v) is 6.77. The van der Waals surface area contributed by atoms with Crippen molar-refractivity contribution in [1.29, 1.82) is 0 Å². The predicted molar refractivity (Wildman–Crippen MR) is 126 cm³/mol. The molecule has 7 heteroatoms. The van der Waals surface area contributed by atoms with Gasteiger partial charge in [0.15, 0.2) is 0 Å². The van der Waals surface area contributed by atoms with Crippen LogP contribution in [0, 0.1) is 0 Å². The van der Waals surface area contributed by atoms with E-state index in [1.54, 1.807) is 13.0 Å². The number of urea groups is 1. The number of carbonyl (C=O) groups is 1. The lowest BCUT2D eigenvalue weighted by molar-refractivity contribution is -0.0878. The molecule has 0 aromatic rings. The number of hydrogen-bond donors (Lipinski definition) is 2. The van der Waals surface area contributed by atoms with E-state index in [0.717, 1.165) is 25.5 Å². The van der Waals surface area contributed by atoms with Crippen LogP contribution >= 0.6 is 0 Å². The topological polar surface area (TPSA) is 44.4 Å². The summed E-state index contributed by atoms with van der Waals surface area (Å²) in [6, 6.07) is -0.678. The molecule has 2 N–H and O–H groups in total. The number of likely N-dealkylation sites (N-methyl/N-ethyl adjacent to an activating group) is 1. The van der Waals surface area contributed by atoms with Gasteiger partial charge in [-0.25, -0.2) is 4.79 Å². The highest BCUT2D eigenvalue weighted by Gasteiger charge is 2.30. The van der Waals surface area contributed by atoms with Crippen molar-refractivity contribution >= 4 is 6.03 Å². The molecule has 31 heavy (non-hydrogen) atoms. The fourth-order valence-electron chi connectivity index (χ4n) is 2.69. The number of allylic oxidation sites excluding steroid dienone is 6. The Kier molecular flexibility index (Phi) is 17.4. The third-order valence-electron chi connectivity index (χ3n) is 4.01. The van der Waals surface area contributed by atoms with Gasteiger partial charge in [0.1, 0.15) is 0 Å². The average molecular weight is 444 g/mol. The maximum atomic E-state index is 12.7. The number of nitrogens with zero attached hydrogens (tertiary/aromatic N) is 1. The van der Waals surface area contributed by atoms with E-state index in [4.69, 9.17) is 0 Å². The van der Waals surface area contributed by atoms with Crippen molar-refractivity contribution in [3.8, 4) is 0 Å². The second-order valence-electron chi connectivity index (χ2n) is 6.77. The number of halogens is 3. The molecule has 178 valence electrons. The maximum absolute atomic E-state index is 12.7. The summed E-state index contributed by atoms with van der Waals surface area (Å²) in [6.07, 6.45) is 6.88. The molecular weight excluding hydrogens is 403 g/mol. The second kappa shape index (κ2) is 17.4. The molecule has 0 aliphatic rings. The Morgan fingerprint density at radius 2 is 1.71 bits per heavy atom. The molecule has 4 nitrogen and oxygen atoms in total. The van der Waals surface area contributed by atoms with Crippen LogP contribution in [-0.4, -0.2) is 43.3 Å². The standard InChI is InChI=1S/C22H34F3N3O.C2H6/c1-7-11-18(10-4)15-28(6)16-20(13-9-3)27-21(29)26-19(12-8-2)14-17(5)22(23,24)25;1-2/h7-8,10-12,14,20H,5,9,13,15-16H2,1-4,6H3,(H2,26,27,29);1-2H3/b11-7-,12-8-,18-10+,19-14+;. The molecule has 0 radical (unpaired) electrons. The van der Waals surface area contributed by atoms with Gasteiger partial charge in [0.2, 0.25) is 0 Å². The lowest BCUT2D eigenvalue weighted by Gasteiger charge is -2.25. The van der Waals surface area contributed by atoms with Crippen molar-refractivity contribution in [2.24, 2.45) is 0 Å². The predicted octanol–water partition coefficient (Wildman–Crippen LogP) is 6.51.